The van der Waals surface area contributed by atoms with Gasteiger partial charge in [0.05, 0.1) is 25.8 Å². The molecule has 0 spiro atoms. The zero-order valence-corrected chi connectivity index (χ0v) is 9.81. The smallest absolute Gasteiger partial charge is 0.238 e. The Bertz CT molecular complexity index is 365. The maximum atomic E-state index is 11.5. The number of amides is 1. The largest absolute Gasteiger partial charge is 0.395 e. The highest BCUT2D eigenvalue weighted by Gasteiger charge is 2.07. The minimum absolute atomic E-state index is 0.0553. The number of aliphatic hydroxyl groups is 2. The molecule has 17 heavy (non-hydrogen) atoms. The Morgan fingerprint density at radius 3 is 2.65 bits per heavy atom. The molecule has 0 fully saturated rings. The van der Waals surface area contributed by atoms with Crippen LogP contribution in [0.1, 0.15) is 5.56 Å². The summed E-state index contributed by atoms with van der Waals surface area (Å²) in [5, 5.41) is 23.1. The molecule has 1 rings (SSSR count). The number of carbonyl (C=O) groups is 1. The van der Waals surface area contributed by atoms with Crippen LogP contribution in [0, 0.1) is 6.92 Å². The van der Waals surface area contributed by atoms with E-state index in [0.717, 1.165) is 11.3 Å². The Morgan fingerprint density at radius 2 is 2.06 bits per heavy atom. The van der Waals surface area contributed by atoms with Gasteiger partial charge in [-0.15, -0.1) is 0 Å². The number of anilines is 1. The number of benzene rings is 1. The van der Waals surface area contributed by atoms with Crippen LogP contribution in [-0.4, -0.2) is 41.9 Å². The van der Waals surface area contributed by atoms with E-state index in [9.17, 15) is 4.79 Å². The predicted octanol–water partition coefficient (Wildman–Crippen LogP) is -0.124. The second-order valence-corrected chi connectivity index (χ2v) is 3.86. The van der Waals surface area contributed by atoms with Crippen LogP contribution in [-0.2, 0) is 4.79 Å². The van der Waals surface area contributed by atoms with Crippen molar-refractivity contribution in [1.82, 2.24) is 5.32 Å². The lowest BCUT2D eigenvalue weighted by Gasteiger charge is -2.13. The van der Waals surface area contributed by atoms with Gasteiger partial charge in [-0.25, -0.2) is 0 Å². The van der Waals surface area contributed by atoms with Crippen LogP contribution in [0.2, 0.25) is 0 Å². The van der Waals surface area contributed by atoms with E-state index in [4.69, 9.17) is 10.2 Å². The maximum Gasteiger partial charge on any atom is 0.238 e. The second kappa shape index (κ2) is 7.01. The van der Waals surface area contributed by atoms with E-state index in [0.29, 0.717) is 0 Å². The molecule has 1 aromatic rings. The van der Waals surface area contributed by atoms with E-state index in [-0.39, 0.29) is 25.7 Å². The van der Waals surface area contributed by atoms with Gasteiger partial charge in [0.15, 0.2) is 0 Å². The molecular formula is C12H18N2O3. The van der Waals surface area contributed by atoms with Crippen LogP contribution in [0.15, 0.2) is 24.3 Å². The third-order valence-corrected chi connectivity index (χ3v) is 2.29. The van der Waals surface area contributed by atoms with Gasteiger partial charge in [0.25, 0.3) is 0 Å². The van der Waals surface area contributed by atoms with Crippen LogP contribution < -0.4 is 10.6 Å². The van der Waals surface area contributed by atoms with Crippen LogP contribution >= 0.6 is 0 Å². The average Bonchev–Trinajstić information content (AvgIpc) is 2.30. The maximum absolute atomic E-state index is 11.5. The van der Waals surface area contributed by atoms with Gasteiger partial charge in [0.1, 0.15) is 0 Å². The number of nitrogens with one attached hydrogen (secondary N) is 2. The molecule has 0 aliphatic heterocycles. The highest BCUT2D eigenvalue weighted by molar-refractivity contribution is 5.92. The topological polar surface area (TPSA) is 81.6 Å². The first kappa shape index (κ1) is 13.6. The molecule has 5 heteroatoms. The summed E-state index contributed by atoms with van der Waals surface area (Å²) in [6.07, 6.45) is 0. The van der Waals surface area contributed by atoms with Gasteiger partial charge in [-0.3, -0.25) is 4.79 Å². The number of aliphatic hydroxyl groups excluding tert-OH is 2. The third kappa shape index (κ3) is 4.95. The van der Waals surface area contributed by atoms with Crippen molar-refractivity contribution in [3.8, 4) is 0 Å². The number of hydrogen-bond donors (Lipinski definition) is 4. The molecule has 0 heterocycles. The Balaban J connectivity index is 2.39. The van der Waals surface area contributed by atoms with Crippen LogP contribution in [0.5, 0.6) is 0 Å². The summed E-state index contributed by atoms with van der Waals surface area (Å²) in [6.45, 7) is 1.60. The molecule has 1 aromatic carbocycles. The Hall–Kier alpha value is -1.43. The molecule has 94 valence electrons. The minimum Gasteiger partial charge on any atom is -0.395 e. The summed E-state index contributed by atoms with van der Waals surface area (Å²) < 4.78 is 0. The molecule has 0 saturated carbocycles. The zero-order valence-electron chi connectivity index (χ0n) is 9.81. The van der Waals surface area contributed by atoms with Crippen molar-refractivity contribution in [3.05, 3.63) is 29.8 Å². The van der Waals surface area contributed by atoms with Crippen LogP contribution in [0.4, 0.5) is 5.69 Å². The normalized spacial score (nSPS) is 10.6. The molecule has 0 aliphatic carbocycles. The molecule has 0 aromatic heterocycles. The van der Waals surface area contributed by atoms with E-state index in [1.54, 1.807) is 6.07 Å². The van der Waals surface area contributed by atoms with E-state index < -0.39 is 6.04 Å². The summed E-state index contributed by atoms with van der Waals surface area (Å²) in [4.78, 5) is 11.5. The molecule has 0 radical (unpaired) electrons. The van der Waals surface area contributed by atoms with Crippen molar-refractivity contribution < 1.29 is 15.0 Å². The number of carbonyl (C=O) groups excluding carboxylic acids is 1. The fourth-order valence-electron chi connectivity index (χ4n) is 1.35. The molecule has 0 bridgehead atoms. The van der Waals surface area contributed by atoms with Gasteiger partial charge in [-0.05, 0) is 24.6 Å². The lowest BCUT2D eigenvalue weighted by molar-refractivity contribution is -0.115. The highest BCUT2D eigenvalue weighted by Crippen LogP contribution is 2.08. The van der Waals surface area contributed by atoms with Gasteiger partial charge >= 0.3 is 0 Å². The van der Waals surface area contributed by atoms with Gasteiger partial charge in [-0.2, -0.15) is 0 Å². The lowest BCUT2D eigenvalue weighted by atomic mass is 10.2. The van der Waals surface area contributed by atoms with Crippen LogP contribution in [0.3, 0.4) is 0 Å². The highest BCUT2D eigenvalue weighted by atomic mass is 16.3. The van der Waals surface area contributed by atoms with Crippen molar-refractivity contribution in [3.63, 3.8) is 0 Å². The molecule has 0 atom stereocenters. The molecule has 1 amide bonds. The summed E-state index contributed by atoms with van der Waals surface area (Å²) in [5.41, 5.74) is 1.81. The summed E-state index contributed by atoms with van der Waals surface area (Å²) in [5.74, 6) is -0.206. The Labute approximate surface area is 100 Å². The fraction of sp³-hybridized carbons (Fsp3) is 0.417. The zero-order chi connectivity index (χ0) is 12.7. The molecular weight excluding hydrogens is 220 g/mol. The molecule has 4 N–H and O–H groups in total. The first-order valence-electron chi connectivity index (χ1n) is 5.47. The third-order valence-electron chi connectivity index (χ3n) is 2.29. The van der Waals surface area contributed by atoms with Crippen molar-refractivity contribution >= 4 is 11.6 Å². The monoisotopic (exact) mass is 238 g/mol. The van der Waals surface area contributed by atoms with Crippen molar-refractivity contribution in [1.29, 1.82) is 0 Å². The lowest BCUT2D eigenvalue weighted by Crippen LogP contribution is -2.40. The molecule has 0 saturated heterocycles. The standard InChI is InChI=1S/C12H18N2O3/c1-9-3-2-4-10(5-9)14-12(17)6-13-11(7-15)8-16/h2-5,11,13,15-16H,6-8H2,1H3,(H,14,17). The Morgan fingerprint density at radius 1 is 1.35 bits per heavy atom. The van der Waals surface area contributed by atoms with Crippen molar-refractivity contribution in [2.24, 2.45) is 0 Å². The van der Waals surface area contributed by atoms with Gasteiger partial charge in [0.2, 0.25) is 5.91 Å². The molecule has 0 unspecified atom stereocenters. The van der Waals surface area contributed by atoms with Gasteiger partial charge in [-0.1, -0.05) is 12.1 Å². The average molecular weight is 238 g/mol. The van der Waals surface area contributed by atoms with E-state index in [1.807, 2.05) is 25.1 Å². The second-order valence-electron chi connectivity index (χ2n) is 3.86. The molecule has 0 aliphatic rings. The summed E-state index contributed by atoms with van der Waals surface area (Å²) in [6, 6.07) is 7.02. The quantitative estimate of drug-likeness (QED) is 0.557. The van der Waals surface area contributed by atoms with E-state index in [2.05, 4.69) is 10.6 Å². The van der Waals surface area contributed by atoms with Crippen LogP contribution in [0.25, 0.3) is 0 Å². The van der Waals surface area contributed by atoms with Gasteiger partial charge in [0, 0.05) is 5.69 Å². The summed E-state index contributed by atoms with van der Waals surface area (Å²) >= 11 is 0. The number of hydrogen-bond acceptors (Lipinski definition) is 4. The fourth-order valence-corrected chi connectivity index (χ4v) is 1.35. The molecule has 5 nitrogen and oxygen atoms in total. The first-order valence-corrected chi connectivity index (χ1v) is 5.47. The number of rotatable bonds is 6. The van der Waals surface area contributed by atoms with Crippen molar-refractivity contribution in [2.75, 3.05) is 25.1 Å². The summed E-state index contributed by atoms with van der Waals surface area (Å²) in [7, 11) is 0. The SMILES string of the molecule is Cc1cccc(NC(=O)CNC(CO)CO)c1. The Kier molecular flexibility index (Phi) is 5.62. The van der Waals surface area contributed by atoms with E-state index in [1.165, 1.54) is 0 Å². The van der Waals surface area contributed by atoms with Crippen molar-refractivity contribution in [2.45, 2.75) is 13.0 Å². The van der Waals surface area contributed by atoms with Gasteiger partial charge < -0.3 is 20.8 Å². The first-order chi connectivity index (χ1) is 8.15. The predicted molar refractivity (Wildman–Crippen MR) is 65.8 cm³/mol. The minimum atomic E-state index is -0.460. The number of aryl methyl sites for hydroxylation is 1. The van der Waals surface area contributed by atoms with E-state index >= 15 is 0 Å².